The molecule has 4 heteroatoms. The fourth-order valence-electron chi connectivity index (χ4n) is 2.98. The Balaban J connectivity index is 0.00000220. The van der Waals surface area contributed by atoms with Crippen LogP contribution >= 0.6 is 12.4 Å². The highest BCUT2D eigenvalue weighted by Gasteiger charge is 2.20. The Bertz CT molecular complexity index is 425. The minimum absolute atomic E-state index is 0. The van der Waals surface area contributed by atoms with Crippen molar-refractivity contribution in [3.8, 4) is 0 Å². The lowest BCUT2D eigenvalue weighted by Crippen LogP contribution is -2.31. The highest BCUT2D eigenvalue weighted by molar-refractivity contribution is 5.94. The molecule has 0 atom stereocenters. The summed E-state index contributed by atoms with van der Waals surface area (Å²) in [5, 5.41) is 3.07. The van der Waals surface area contributed by atoms with Gasteiger partial charge in [0.05, 0.1) is 0 Å². The van der Waals surface area contributed by atoms with E-state index >= 15 is 0 Å². The van der Waals surface area contributed by atoms with E-state index in [0.29, 0.717) is 12.5 Å². The second kappa shape index (κ2) is 9.06. The number of hydrogen-bond donors (Lipinski definition) is 2. The van der Waals surface area contributed by atoms with E-state index in [1.807, 2.05) is 24.3 Å². The predicted octanol–water partition coefficient (Wildman–Crippen LogP) is 3.51. The summed E-state index contributed by atoms with van der Waals surface area (Å²) in [4.78, 5) is 12.1. The lowest BCUT2D eigenvalue weighted by Gasteiger charge is -2.27. The molecule has 0 spiro atoms. The van der Waals surface area contributed by atoms with Gasteiger partial charge in [-0.3, -0.25) is 4.79 Å². The van der Waals surface area contributed by atoms with Crippen LogP contribution in [0.25, 0.3) is 0 Å². The normalized spacial score (nSPS) is 21.4. The molecule has 1 amide bonds. The number of nitrogens with one attached hydrogen (secondary N) is 1. The summed E-state index contributed by atoms with van der Waals surface area (Å²) in [6.07, 6.45) is 6.45. The number of hydrogen-bond acceptors (Lipinski definition) is 2. The van der Waals surface area contributed by atoms with Gasteiger partial charge in [-0.2, -0.15) is 0 Å². The molecule has 0 radical (unpaired) electrons. The molecule has 0 aromatic heterocycles. The van der Waals surface area contributed by atoms with E-state index in [1.54, 1.807) is 0 Å². The van der Waals surface area contributed by atoms with Crippen LogP contribution in [-0.2, 0) is 6.54 Å². The van der Waals surface area contributed by atoms with Crippen molar-refractivity contribution in [3.05, 3.63) is 35.4 Å². The van der Waals surface area contributed by atoms with Crippen molar-refractivity contribution >= 4 is 18.3 Å². The minimum Gasteiger partial charge on any atom is -0.352 e. The molecule has 3 N–H and O–H groups in total. The SMILES string of the molecule is CCC1CCC(CNC(=O)c2ccc(CN)cc2)CC1.Cl. The van der Waals surface area contributed by atoms with Gasteiger partial charge in [0.15, 0.2) is 0 Å². The second-order valence-electron chi connectivity index (χ2n) is 5.91. The lowest BCUT2D eigenvalue weighted by molar-refractivity contribution is 0.0941. The van der Waals surface area contributed by atoms with Crippen LogP contribution in [0.15, 0.2) is 24.3 Å². The first-order valence-electron chi connectivity index (χ1n) is 7.80. The number of carbonyl (C=O) groups is 1. The molecular weight excluding hydrogens is 284 g/mol. The zero-order chi connectivity index (χ0) is 14.4. The summed E-state index contributed by atoms with van der Waals surface area (Å²) in [5.41, 5.74) is 7.34. The Kier molecular flexibility index (Phi) is 7.76. The lowest BCUT2D eigenvalue weighted by atomic mass is 9.81. The Hall–Kier alpha value is -1.06. The molecule has 3 nitrogen and oxygen atoms in total. The van der Waals surface area contributed by atoms with Crippen molar-refractivity contribution in [1.29, 1.82) is 0 Å². The van der Waals surface area contributed by atoms with Gasteiger partial charge < -0.3 is 11.1 Å². The number of halogens is 1. The van der Waals surface area contributed by atoms with Crippen molar-refractivity contribution in [2.45, 2.75) is 45.6 Å². The number of amides is 1. The molecule has 1 aromatic carbocycles. The molecule has 0 unspecified atom stereocenters. The highest BCUT2D eigenvalue weighted by atomic mass is 35.5. The Morgan fingerprint density at radius 3 is 2.24 bits per heavy atom. The standard InChI is InChI=1S/C17H26N2O.ClH/c1-2-13-3-5-15(6-4-13)12-19-17(20)16-9-7-14(11-18)8-10-16;/h7-10,13,15H,2-6,11-12,18H2,1H3,(H,19,20);1H. The molecule has 1 aliphatic carbocycles. The number of rotatable bonds is 5. The van der Waals surface area contributed by atoms with E-state index < -0.39 is 0 Å². The van der Waals surface area contributed by atoms with Crippen LogP contribution in [0.2, 0.25) is 0 Å². The van der Waals surface area contributed by atoms with Crippen LogP contribution in [0.1, 0.15) is 54.9 Å². The van der Waals surface area contributed by atoms with Gasteiger partial charge in [0.1, 0.15) is 0 Å². The maximum atomic E-state index is 12.1. The monoisotopic (exact) mass is 310 g/mol. The number of carbonyl (C=O) groups excluding carboxylic acids is 1. The molecular formula is C17H27ClN2O. The fourth-order valence-corrected chi connectivity index (χ4v) is 2.98. The molecule has 2 rings (SSSR count). The molecule has 1 aliphatic rings. The Labute approximate surface area is 134 Å². The van der Waals surface area contributed by atoms with E-state index in [2.05, 4.69) is 12.2 Å². The van der Waals surface area contributed by atoms with E-state index in [0.717, 1.165) is 23.6 Å². The topological polar surface area (TPSA) is 55.1 Å². The number of nitrogens with two attached hydrogens (primary N) is 1. The van der Waals surface area contributed by atoms with Gasteiger partial charge in [-0.15, -0.1) is 12.4 Å². The second-order valence-corrected chi connectivity index (χ2v) is 5.91. The van der Waals surface area contributed by atoms with Gasteiger partial charge in [0.2, 0.25) is 0 Å². The third-order valence-electron chi connectivity index (χ3n) is 4.55. The average molecular weight is 311 g/mol. The van der Waals surface area contributed by atoms with E-state index in [-0.39, 0.29) is 18.3 Å². The van der Waals surface area contributed by atoms with E-state index in [9.17, 15) is 4.79 Å². The third kappa shape index (κ3) is 5.33. The minimum atomic E-state index is 0. The molecule has 21 heavy (non-hydrogen) atoms. The van der Waals surface area contributed by atoms with Gasteiger partial charge in [-0.05, 0) is 42.4 Å². The van der Waals surface area contributed by atoms with E-state index in [4.69, 9.17) is 5.73 Å². The first kappa shape index (κ1) is 18.0. The summed E-state index contributed by atoms with van der Waals surface area (Å²) >= 11 is 0. The molecule has 0 bridgehead atoms. The highest BCUT2D eigenvalue weighted by Crippen LogP contribution is 2.30. The quantitative estimate of drug-likeness (QED) is 0.874. The Morgan fingerprint density at radius 1 is 1.14 bits per heavy atom. The third-order valence-corrected chi connectivity index (χ3v) is 4.55. The predicted molar refractivity (Wildman–Crippen MR) is 89.7 cm³/mol. The van der Waals surface area contributed by atoms with Gasteiger partial charge in [-0.1, -0.05) is 38.3 Å². The van der Waals surface area contributed by atoms with Crippen molar-refractivity contribution in [3.63, 3.8) is 0 Å². The molecule has 1 aromatic rings. The van der Waals surface area contributed by atoms with Gasteiger partial charge in [-0.25, -0.2) is 0 Å². The maximum Gasteiger partial charge on any atom is 0.251 e. The van der Waals surface area contributed by atoms with E-state index in [1.165, 1.54) is 32.1 Å². The summed E-state index contributed by atoms with van der Waals surface area (Å²) in [5.74, 6) is 1.60. The van der Waals surface area contributed by atoms with Crippen molar-refractivity contribution in [2.75, 3.05) is 6.54 Å². The van der Waals surface area contributed by atoms with Gasteiger partial charge in [0, 0.05) is 18.7 Å². The first-order chi connectivity index (χ1) is 9.72. The summed E-state index contributed by atoms with van der Waals surface area (Å²) in [6.45, 7) is 3.61. The Morgan fingerprint density at radius 2 is 1.71 bits per heavy atom. The maximum absolute atomic E-state index is 12.1. The average Bonchev–Trinajstić information content (AvgIpc) is 2.53. The van der Waals surface area contributed by atoms with Gasteiger partial charge in [0.25, 0.3) is 5.91 Å². The molecule has 1 fully saturated rings. The van der Waals surface area contributed by atoms with Crippen LogP contribution in [0.3, 0.4) is 0 Å². The first-order valence-corrected chi connectivity index (χ1v) is 7.80. The molecule has 118 valence electrons. The van der Waals surface area contributed by atoms with Crippen LogP contribution in [-0.4, -0.2) is 12.5 Å². The summed E-state index contributed by atoms with van der Waals surface area (Å²) in [7, 11) is 0. The van der Waals surface area contributed by atoms with Crippen LogP contribution in [0.5, 0.6) is 0 Å². The van der Waals surface area contributed by atoms with Crippen molar-refractivity contribution in [2.24, 2.45) is 17.6 Å². The molecule has 0 saturated heterocycles. The molecule has 1 saturated carbocycles. The zero-order valence-corrected chi connectivity index (χ0v) is 13.6. The summed E-state index contributed by atoms with van der Waals surface area (Å²) < 4.78 is 0. The fraction of sp³-hybridized carbons (Fsp3) is 0.588. The van der Waals surface area contributed by atoms with Crippen molar-refractivity contribution in [1.82, 2.24) is 5.32 Å². The van der Waals surface area contributed by atoms with Gasteiger partial charge >= 0.3 is 0 Å². The van der Waals surface area contributed by atoms with Crippen LogP contribution in [0.4, 0.5) is 0 Å². The van der Waals surface area contributed by atoms with Crippen LogP contribution < -0.4 is 11.1 Å². The van der Waals surface area contributed by atoms with Crippen molar-refractivity contribution < 1.29 is 4.79 Å². The zero-order valence-electron chi connectivity index (χ0n) is 12.8. The largest absolute Gasteiger partial charge is 0.352 e. The van der Waals surface area contributed by atoms with Crippen LogP contribution in [0, 0.1) is 11.8 Å². The molecule has 0 heterocycles. The number of benzene rings is 1. The molecule has 0 aliphatic heterocycles. The smallest absolute Gasteiger partial charge is 0.251 e. The summed E-state index contributed by atoms with van der Waals surface area (Å²) in [6, 6.07) is 7.54.